The van der Waals surface area contributed by atoms with Crippen molar-refractivity contribution in [3.63, 3.8) is 0 Å². The Bertz CT molecular complexity index is 1680. The third-order valence-electron chi connectivity index (χ3n) is 7.54. The molecule has 2 unspecified atom stereocenters. The van der Waals surface area contributed by atoms with Gasteiger partial charge in [-0.2, -0.15) is 30.3 Å². The van der Waals surface area contributed by atoms with Gasteiger partial charge in [0.25, 0.3) is 0 Å². The molecule has 4 aromatic carbocycles. The molecule has 1 aliphatic rings. The minimum Gasteiger partial charge on any atom is -0.500 e. The number of nitrogens with zero attached hydrogens (tertiary/aromatic N) is 3. The van der Waals surface area contributed by atoms with Gasteiger partial charge in [-0.05, 0) is 91.2 Å². The van der Waals surface area contributed by atoms with E-state index in [1.807, 2.05) is 66.9 Å². The third kappa shape index (κ3) is 10.6. The Kier molecular flexibility index (Phi) is 13.9. The van der Waals surface area contributed by atoms with E-state index in [0.29, 0.717) is 6.42 Å². The number of rotatable bonds is 5. The van der Waals surface area contributed by atoms with Crippen LogP contribution in [0.1, 0.15) is 57.7 Å². The second kappa shape index (κ2) is 17.4. The number of aryl methyl sites for hydroxylation is 2. The first-order valence-corrected chi connectivity index (χ1v) is 15.8. The minimum atomic E-state index is -0.375. The maximum atomic E-state index is 8.56. The summed E-state index contributed by atoms with van der Waals surface area (Å²) < 4.78 is 0. The van der Waals surface area contributed by atoms with Crippen LogP contribution in [0.3, 0.4) is 0 Å². The third-order valence-corrected chi connectivity index (χ3v) is 7.54. The standard InChI is InChI=1S/C21H24N2.C15H10N.C5H12O2.Ir/c1-16-13-18(21(3,4)5)14-17(2)20(16)23-12-11-22(15-23)19-9-7-6-8-10-19;1-2-7-13(8-3-1)15-14-9-5-4-6-12(14)10-11-16-15;1-4(6)3-5(2)7;/h6-9,11-15H,1-5H3;1-7,9-11H;4-7H,3H2,1-2H3;/q-2;-1;;+3. The quantitative estimate of drug-likeness (QED) is 0.174. The summed E-state index contributed by atoms with van der Waals surface area (Å²) in [6.45, 7) is 16.6. The average molecular weight is 805 g/mol. The number of fused-ring (bicyclic) bond motifs is 1. The number of hydrogen-bond donors (Lipinski definition) is 2. The van der Waals surface area contributed by atoms with Gasteiger partial charge in [0, 0.05) is 11.9 Å². The van der Waals surface area contributed by atoms with Gasteiger partial charge in [0.15, 0.2) is 0 Å². The van der Waals surface area contributed by atoms with Crippen molar-refractivity contribution >= 4 is 22.1 Å². The van der Waals surface area contributed by atoms with E-state index in [2.05, 4.69) is 111 Å². The van der Waals surface area contributed by atoms with E-state index in [1.165, 1.54) is 33.2 Å². The molecule has 47 heavy (non-hydrogen) atoms. The number of aliphatic hydroxyl groups excluding tert-OH is 2. The van der Waals surface area contributed by atoms with E-state index < -0.39 is 0 Å². The number of hydrogen-bond acceptors (Lipinski definition) is 5. The molecule has 246 valence electrons. The van der Waals surface area contributed by atoms with Gasteiger partial charge in [-0.3, -0.25) is 0 Å². The van der Waals surface area contributed by atoms with Crippen LogP contribution in [0.25, 0.3) is 22.0 Å². The van der Waals surface area contributed by atoms with Gasteiger partial charge in [-0.1, -0.05) is 57.2 Å². The summed E-state index contributed by atoms with van der Waals surface area (Å²) in [4.78, 5) is 8.73. The van der Waals surface area contributed by atoms with Gasteiger partial charge in [-0.15, -0.1) is 48.3 Å². The van der Waals surface area contributed by atoms with Crippen molar-refractivity contribution in [1.29, 1.82) is 0 Å². The Morgan fingerprint density at radius 1 is 0.787 bits per heavy atom. The van der Waals surface area contributed by atoms with E-state index >= 15 is 0 Å². The van der Waals surface area contributed by atoms with E-state index in [-0.39, 0.29) is 37.7 Å². The number of benzene rings is 4. The maximum Gasteiger partial charge on any atom is 3.00 e. The van der Waals surface area contributed by atoms with Crippen LogP contribution in [0.4, 0.5) is 11.4 Å². The molecule has 0 fully saturated rings. The number of pyridine rings is 1. The van der Waals surface area contributed by atoms with Gasteiger partial charge >= 0.3 is 20.1 Å². The predicted molar refractivity (Wildman–Crippen MR) is 192 cm³/mol. The van der Waals surface area contributed by atoms with Crippen LogP contribution in [-0.4, -0.2) is 27.4 Å². The first kappa shape index (κ1) is 37.7. The summed E-state index contributed by atoms with van der Waals surface area (Å²) in [6, 6.07) is 37.3. The Morgan fingerprint density at radius 3 is 1.94 bits per heavy atom. The summed E-state index contributed by atoms with van der Waals surface area (Å²) in [5, 5.41) is 19.5. The summed E-state index contributed by atoms with van der Waals surface area (Å²) in [6.07, 6.45) is 5.74. The summed E-state index contributed by atoms with van der Waals surface area (Å²) in [5.41, 5.74) is 8.50. The first-order valence-electron chi connectivity index (χ1n) is 15.8. The zero-order valence-corrected chi connectivity index (χ0v) is 30.8. The number of aliphatic hydroxyl groups is 2. The summed E-state index contributed by atoms with van der Waals surface area (Å²) in [5.74, 6) is 0. The molecule has 2 heterocycles. The number of para-hydroxylation sites is 1. The van der Waals surface area contributed by atoms with E-state index in [0.717, 1.165) is 16.9 Å². The van der Waals surface area contributed by atoms with Crippen molar-refractivity contribution in [2.45, 2.75) is 72.5 Å². The fourth-order valence-corrected chi connectivity index (χ4v) is 5.34. The molecule has 0 amide bonds. The topological polar surface area (TPSA) is 59.8 Å². The SMILES string of the molecule is CC(O)CC(C)O.Cc1cc(C(C)(C)C)cc(C)c1N1C=CN(c2[c-]cccc2)[CH-]1.[Ir+3].[c-]1ccccc1-c1nccc2ccccc12. The fourth-order valence-electron chi connectivity index (χ4n) is 5.34. The number of aromatic nitrogens is 1. The van der Waals surface area contributed by atoms with Gasteiger partial charge in [0.05, 0.1) is 12.2 Å². The van der Waals surface area contributed by atoms with Gasteiger partial charge in [0.1, 0.15) is 0 Å². The smallest absolute Gasteiger partial charge is 0.500 e. The normalized spacial score (nSPS) is 13.6. The Balaban J connectivity index is 0.000000217. The first-order chi connectivity index (χ1) is 21.9. The molecule has 1 aliphatic heterocycles. The van der Waals surface area contributed by atoms with Crippen molar-refractivity contribution in [3.8, 4) is 11.3 Å². The molecule has 0 saturated heterocycles. The largest absolute Gasteiger partial charge is 3.00 e. The maximum absolute atomic E-state index is 8.56. The molecule has 6 rings (SSSR count). The molecule has 2 N–H and O–H groups in total. The van der Waals surface area contributed by atoms with Crippen LogP contribution < -0.4 is 9.80 Å². The monoisotopic (exact) mass is 805 g/mol. The van der Waals surface area contributed by atoms with E-state index in [9.17, 15) is 0 Å². The van der Waals surface area contributed by atoms with Crippen molar-refractivity contribution in [2.75, 3.05) is 9.80 Å². The van der Waals surface area contributed by atoms with Crippen molar-refractivity contribution < 1.29 is 30.3 Å². The Hall–Kier alpha value is -3.80. The second-order valence-corrected chi connectivity index (χ2v) is 12.8. The van der Waals surface area contributed by atoms with Crippen LogP contribution in [0.2, 0.25) is 0 Å². The van der Waals surface area contributed by atoms with Crippen molar-refractivity contribution in [3.05, 3.63) is 145 Å². The van der Waals surface area contributed by atoms with Crippen molar-refractivity contribution in [2.24, 2.45) is 0 Å². The van der Waals surface area contributed by atoms with E-state index in [1.54, 1.807) is 13.8 Å². The Morgan fingerprint density at radius 2 is 1.38 bits per heavy atom. The average Bonchev–Trinajstić information content (AvgIpc) is 3.51. The van der Waals surface area contributed by atoms with Gasteiger partial charge < -0.3 is 25.0 Å². The molecule has 2 atom stereocenters. The van der Waals surface area contributed by atoms with Crippen LogP contribution in [0.5, 0.6) is 0 Å². The summed E-state index contributed by atoms with van der Waals surface area (Å²) >= 11 is 0. The van der Waals surface area contributed by atoms with Crippen molar-refractivity contribution in [1.82, 2.24) is 4.98 Å². The fraction of sp³-hybridized carbons (Fsp3) is 0.268. The molecule has 5 nitrogen and oxygen atoms in total. The molecule has 6 heteroatoms. The second-order valence-electron chi connectivity index (χ2n) is 12.8. The van der Waals surface area contributed by atoms with Gasteiger partial charge in [-0.25, -0.2) is 0 Å². The minimum absolute atomic E-state index is 0. The summed E-state index contributed by atoms with van der Waals surface area (Å²) in [7, 11) is 0. The number of anilines is 2. The van der Waals surface area contributed by atoms with Crippen LogP contribution in [0, 0.1) is 32.6 Å². The molecule has 5 aromatic rings. The molecule has 0 radical (unpaired) electrons. The molecule has 0 bridgehead atoms. The molecule has 1 aromatic heterocycles. The molecule has 0 saturated carbocycles. The molecule has 0 aliphatic carbocycles. The molecule has 0 spiro atoms. The predicted octanol–water partition coefficient (Wildman–Crippen LogP) is 9.16. The molecular weight excluding hydrogens is 759 g/mol. The van der Waals surface area contributed by atoms with Crippen LogP contribution >= 0.6 is 0 Å². The molecular formula is C41H46IrN3O2. The Labute approximate surface area is 295 Å². The zero-order chi connectivity index (χ0) is 33.3. The van der Waals surface area contributed by atoms with Gasteiger partial charge in [0.2, 0.25) is 0 Å². The van der Waals surface area contributed by atoms with Crippen LogP contribution in [-0.2, 0) is 25.5 Å². The zero-order valence-electron chi connectivity index (χ0n) is 28.4. The van der Waals surface area contributed by atoms with E-state index in [4.69, 9.17) is 10.2 Å². The van der Waals surface area contributed by atoms with Crippen LogP contribution in [0.15, 0.2) is 110 Å².